The lowest BCUT2D eigenvalue weighted by molar-refractivity contribution is -0.141. The Hall–Kier alpha value is -0.613. The third-order valence-corrected chi connectivity index (χ3v) is 6.83. The van der Waals surface area contributed by atoms with Crippen molar-refractivity contribution in [3.63, 3.8) is 0 Å². The number of carbonyl (C=O) groups excluding carboxylic acids is 1. The Bertz CT molecular complexity index is 221. The zero-order valence-electron chi connectivity index (χ0n) is 9.72. The Morgan fingerprint density at radius 1 is 1.57 bits per heavy atom. The van der Waals surface area contributed by atoms with E-state index in [-0.39, 0.29) is 11.7 Å². The van der Waals surface area contributed by atoms with Crippen molar-refractivity contribution in [3.8, 4) is 0 Å². The van der Waals surface area contributed by atoms with Crippen LogP contribution in [-0.2, 0) is 14.0 Å². The fourth-order valence-electron chi connectivity index (χ4n) is 0.984. The lowest BCUT2D eigenvalue weighted by atomic mass is 10.4. The quantitative estimate of drug-likeness (QED) is 0.402. The number of esters is 1. The average molecular weight is 216 g/mol. The van der Waals surface area contributed by atoms with Crippen LogP contribution >= 0.6 is 0 Å². The predicted molar refractivity (Wildman–Crippen MR) is 59.5 cm³/mol. The molecule has 0 aliphatic heterocycles. The lowest BCUT2D eigenvalue weighted by Crippen LogP contribution is -2.47. The maximum atomic E-state index is 11.3. The van der Waals surface area contributed by atoms with Gasteiger partial charge >= 0.3 is 5.97 Å². The van der Waals surface area contributed by atoms with E-state index in [2.05, 4.69) is 20.0 Å². The van der Waals surface area contributed by atoms with E-state index in [0.717, 1.165) is 6.04 Å². The molecule has 0 heterocycles. The van der Waals surface area contributed by atoms with Crippen LogP contribution in [0.15, 0.2) is 12.2 Å². The molecular formula is C10H20O3Si. The summed E-state index contributed by atoms with van der Waals surface area (Å²) in [6, 6.07) is 0.925. The first kappa shape index (κ1) is 13.4. The summed E-state index contributed by atoms with van der Waals surface area (Å²) in [5, 5.41) is 0. The molecule has 0 radical (unpaired) electrons. The van der Waals surface area contributed by atoms with Crippen LogP contribution < -0.4 is 0 Å². The molecule has 0 rings (SSSR count). The van der Waals surface area contributed by atoms with Crippen molar-refractivity contribution in [2.45, 2.75) is 39.1 Å². The number of hydrogen-bond donors (Lipinski definition) is 0. The minimum Gasteiger partial charge on any atom is -0.460 e. The number of ether oxygens (including phenoxy) is 1. The Kier molecular flexibility index (Phi) is 5.08. The van der Waals surface area contributed by atoms with E-state index in [0.29, 0.717) is 5.57 Å². The van der Waals surface area contributed by atoms with Gasteiger partial charge in [0.25, 0.3) is 0 Å². The van der Waals surface area contributed by atoms with Gasteiger partial charge in [0, 0.05) is 12.7 Å². The second-order valence-corrected chi connectivity index (χ2v) is 8.25. The minimum absolute atomic E-state index is 0.137. The molecule has 0 fully saturated rings. The van der Waals surface area contributed by atoms with Crippen LogP contribution in [0.5, 0.6) is 0 Å². The van der Waals surface area contributed by atoms with Gasteiger partial charge in [-0.3, -0.25) is 0 Å². The van der Waals surface area contributed by atoms with Crippen LogP contribution in [0.1, 0.15) is 20.8 Å². The number of carbonyl (C=O) groups is 1. The second kappa shape index (κ2) is 5.31. The maximum absolute atomic E-state index is 11.3. The van der Waals surface area contributed by atoms with Gasteiger partial charge in [0.1, 0.15) is 5.73 Å². The molecule has 2 unspecified atom stereocenters. The van der Waals surface area contributed by atoms with Crippen molar-refractivity contribution in [3.05, 3.63) is 12.2 Å². The van der Waals surface area contributed by atoms with E-state index in [1.165, 1.54) is 0 Å². The molecule has 0 saturated carbocycles. The Morgan fingerprint density at radius 2 is 2.07 bits per heavy atom. The number of rotatable bonds is 5. The second-order valence-electron chi connectivity index (χ2n) is 3.70. The van der Waals surface area contributed by atoms with E-state index >= 15 is 0 Å². The molecule has 14 heavy (non-hydrogen) atoms. The van der Waals surface area contributed by atoms with Gasteiger partial charge in [-0.1, -0.05) is 13.5 Å². The molecule has 0 bridgehead atoms. The molecule has 0 aromatic heterocycles. The van der Waals surface area contributed by atoms with Gasteiger partial charge in [-0.25, -0.2) is 4.79 Å². The zero-order chi connectivity index (χ0) is 11.4. The van der Waals surface area contributed by atoms with Gasteiger partial charge in [0.2, 0.25) is 8.32 Å². The van der Waals surface area contributed by atoms with Crippen molar-refractivity contribution in [1.82, 2.24) is 0 Å². The molecule has 0 aromatic rings. The molecule has 0 N–H and O–H groups in total. The summed E-state index contributed by atoms with van der Waals surface area (Å²) in [6.07, 6.45) is 0. The van der Waals surface area contributed by atoms with Crippen molar-refractivity contribution < 1.29 is 14.0 Å². The highest BCUT2D eigenvalue weighted by atomic mass is 28.4. The highest BCUT2D eigenvalue weighted by molar-refractivity contribution is 6.73. The molecule has 0 aromatic carbocycles. The molecule has 0 spiro atoms. The number of hydrogen-bond acceptors (Lipinski definition) is 3. The average Bonchev–Trinajstić information content (AvgIpc) is 2.16. The van der Waals surface area contributed by atoms with Crippen molar-refractivity contribution >= 4 is 14.3 Å². The highest BCUT2D eigenvalue weighted by Gasteiger charge is 2.35. The minimum atomic E-state index is -1.89. The van der Waals surface area contributed by atoms with Crippen LogP contribution in [-0.4, -0.2) is 27.1 Å². The van der Waals surface area contributed by atoms with Crippen molar-refractivity contribution in [1.29, 1.82) is 0 Å². The molecule has 0 aliphatic carbocycles. The van der Waals surface area contributed by atoms with Gasteiger partial charge in [0.05, 0.1) is 0 Å². The van der Waals surface area contributed by atoms with E-state index in [1.807, 2.05) is 6.92 Å². The molecule has 0 saturated heterocycles. The first-order valence-electron chi connectivity index (χ1n) is 4.79. The normalized spacial score (nSPS) is 16.9. The summed E-state index contributed by atoms with van der Waals surface area (Å²) in [6.45, 7) is 11.2. The third-order valence-electron chi connectivity index (χ3n) is 2.66. The molecule has 4 heteroatoms. The summed E-state index contributed by atoms with van der Waals surface area (Å²) in [7, 11) is -0.212. The molecule has 0 aliphatic rings. The van der Waals surface area contributed by atoms with Crippen molar-refractivity contribution in [2.24, 2.45) is 0 Å². The molecule has 3 nitrogen and oxygen atoms in total. The van der Waals surface area contributed by atoms with Gasteiger partial charge in [-0.2, -0.15) is 0 Å². The first-order chi connectivity index (χ1) is 6.37. The molecular weight excluding hydrogens is 196 g/mol. The Labute approximate surface area is 87.2 Å². The van der Waals surface area contributed by atoms with Crippen LogP contribution in [0.25, 0.3) is 0 Å². The summed E-state index contributed by atoms with van der Waals surface area (Å²) >= 11 is 0. The first-order valence-corrected chi connectivity index (χ1v) is 7.48. The van der Waals surface area contributed by atoms with Crippen LogP contribution in [0.4, 0.5) is 0 Å². The molecule has 0 amide bonds. The Balaban J connectivity index is 4.39. The fraction of sp³-hybridized carbons (Fsp3) is 0.700. The third kappa shape index (κ3) is 3.27. The summed E-state index contributed by atoms with van der Waals surface area (Å²) in [5.41, 5.74) is 0.294. The summed E-state index contributed by atoms with van der Waals surface area (Å²) in [5.74, 6) is -0.332. The Morgan fingerprint density at radius 3 is 2.36 bits per heavy atom. The molecule has 82 valence electrons. The monoisotopic (exact) mass is 216 g/mol. The van der Waals surface area contributed by atoms with Gasteiger partial charge in [-0.15, -0.1) is 0 Å². The SMILES string of the molecule is C=C(C)C(=O)OC(C)[Si](C)(CC)OC. The maximum Gasteiger partial charge on any atom is 0.333 e. The predicted octanol–water partition coefficient (Wildman–Crippen LogP) is 2.28. The van der Waals surface area contributed by atoms with Gasteiger partial charge < -0.3 is 9.16 Å². The largest absolute Gasteiger partial charge is 0.460 e. The van der Waals surface area contributed by atoms with E-state index in [4.69, 9.17) is 9.16 Å². The van der Waals surface area contributed by atoms with E-state index < -0.39 is 8.32 Å². The van der Waals surface area contributed by atoms with E-state index in [1.54, 1.807) is 14.0 Å². The van der Waals surface area contributed by atoms with E-state index in [9.17, 15) is 4.79 Å². The highest BCUT2D eigenvalue weighted by Crippen LogP contribution is 2.18. The fourth-order valence-corrected chi connectivity index (χ4v) is 2.54. The van der Waals surface area contributed by atoms with Crippen LogP contribution in [0, 0.1) is 0 Å². The summed E-state index contributed by atoms with van der Waals surface area (Å²) in [4.78, 5) is 11.3. The molecule has 2 atom stereocenters. The smallest absolute Gasteiger partial charge is 0.333 e. The zero-order valence-corrected chi connectivity index (χ0v) is 10.7. The standard InChI is InChI=1S/C10H20O3Si/c1-7-14(6,12-5)9(4)13-10(11)8(2)3/h9H,2,7H2,1,3-6H3. The summed E-state index contributed by atoms with van der Waals surface area (Å²) < 4.78 is 10.7. The van der Waals surface area contributed by atoms with Crippen molar-refractivity contribution in [2.75, 3.05) is 7.11 Å². The van der Waals surface area contributed by atoms with Gasteiger partial charge in [0.15, 0.2) is 0 Å². The lowest BCUT2D eigenvalue weighted by Gasteiger charge is -2.30. The van der Waals surface area contributed by atoms with Crippen LogP contribution in [0.2, 0.25) is 12.6 Å². The van der Waals surface area contributed by atoms with Gasteiger partial charge in [-0.05, 0) is 26.4 Å². The van der Waals surface area contributed by atoms with Crippen LogP contribution in [0.3, 0.4) is 0 Å². The topological polar surface area (TPSA) is 35.5 Å².